The molecule has 0 spiro atoms. The molecule has 1 aliphatic rings. The average molecular weight is 565 g/mol. The predicted molar refractivity (Wildman–Crippen MR) is 146 cm³/mol. The number of carbonyl (C=O) groups is 3. The third kappa shape index (κ3) is 8.09. The second-order valence-electron chi connectivity index (χ2n) is 11.1. The summed E-state index contributed by atoms with van der Waals surface area (Å²) in [5.41, 5.74) is 0.924. The van der Waals surface area contributed by atoms with Crippen LogP contribution in [0.2, 0.25) is 0 Å². The average Bonchev–Trinajstić information content (AvgIpc) is 3.49. The second-order valence-corrected chi connectivity index (χ2v) is 11.1. The zero-order chi connectivity index (χ0) is 29.6. The van der Waals surface area contributed by atoms with Gasteiger partial charge in [0, 0.05) is 32.2 Å². The molecule has 40 heavy (non-hydrogen) atoms. The van der Waals surface area contributed by atoms with E-state index in [2.05, 4.69) is 25.6 Å². The lowest BCUT2D eigenvalue weighted by atomic mass is 9.91. The fourth-order valence-electron chi connectivity index (χ4n) is 4.34. The van der Waals surface area contributed by atoms with E-state index in [0.717, 1.165) is 0 Å². The van der Waals surface area contributed by atoms with Gasteiger partial charge < -0.3 is 19.5 Å². The number of halogens is 1. The Morgan fingerprint density at radius 3 is 2.45 bits per heavy atom. The molecule has 1 aliphatic heterocycles. The number of nitrogens with zero attached hydrogens (tertiary/aromatic N) is 4. The van der Waals surface area contributed by atoms with E-state index in [4.69, 9.17) is 14.2 Å². The molecule has 2 N–H and O–H groups in total. The van der Waals surface area contributed by atoms with E-state index < -0.39 is 42.3 Å². The number of imidazole rings is 1. The molecule has 3 heterocycles. The number of anilines is 2. The monoisotopic (exact) mass is 564 g/mol. The number of carbonyl (C=O) groups excluding carboxylic acids is 3. The Morgan fingerprint density at radius 2 is 1.82 bits per heavy atom. The predicted octanol–water partition coefficient (Wildman–Crippen LogP) is 3.88. The van der Waals surface area contributed by atoms with Crippen molar-refractivity contribution < 1.29 is 33.0 Å². The number of aromatic nitrogens is 4. The van der Waals surface area contributed by atoms with Crippen LogP contribution in [0.4, 0.5) is 16.2 Å². The topological polar surface area (TPSA) is 147 Å². The first-order valence-corrected chi connectivity index (χ1v) is 13.7. The Labute approximate surface area is 233 Å². The normalized spacial score (nSPS) is 19.4. The van der Waals surface area contributed by atoms with Crippen LogP contribution in [-0.4, -0.2) is 69.9 Å². The molecule has 12 nitrogen and oxygen atoms in total. The van der Waals surface area contributed by atoms with Gasteiger partial charge in [-0.15, -0.1) is 0 Å². The van der Waals surface area contributed by atoms with Gasteiger partial charge in [0.2, 0.25) is 11.9 Å². The van der Waals surface area contributed by atoms with Crippen LogP contribution in [0.5, 0.6) is 0 Å². The van der Waals surface area contributed by atoms with E-state index in [1.807, 2.05) is 27.7 Å². The summed E-state index contributed by atoms with van der Waals surface area (Å²) >= 11 is 0. The van der Waals surface area contributed by atoms with Crippen LogP contribution in [0.3, 0.4) is 0 Å². The molecule has 0 saturated carbocycles. The van der Waals surface area contributed by atoms with Crippen LogP contribution in [0.15, 0.2) is 6.33 Å². The highest BCUT2D eigenvalue weighted by molar-refractivity contribution is 5.91. The first-order valence-electron chi connectivity index (χ1n) is 13.7. The SMILES string of the molecule is CNc1nc(NC(=O)CC(C)C)nc2c1ncn2[C@H]1CC(OC(=O)[C@@H](COC(=O)CC(C)C)[C@@H](C)[C@@H](C)F)CO1. The first kappa shape index (κ1) is 31.2. The maximum atomic E-state index is 14.2. The van der Waals surface area contributed by atoms with Gasteiger partial charge in [0.05, 0.1) is 18.9 Å². The number of hydrogen-bond acceptors (Lipinski definition) is 10. The Balaban J connectivity index is 1.72. The van der Waals surface area contributed by atoms with Gasteiger partial charge in [-0.25, -0.2) is 9.37 Å². The molecule has 222 valence electrons. The van der Waals surface area contributed by atoms with Crippen molar-refractivity contribution in [2.24, 2.45) is 23.7 Å². The van der Waals surface area contributed by atoms with Gasteiger partial charge in [0.25, 0.3) is 0 Å². The molecule has 0 aliphatic carbocycles. The van der Waals surface area contributed by atoms with Gasteiger partial charge in [-0.05, 0) is 18.8 Å². The zero-order valence-corrected chi connectivity index (χ0v) is 24.3. The lowest BCUT2D eigenvalue weighted by Crippen LogP contribution is -2.35. The quantitative estimate of drug-likeness (QED) is 0.344. The molecule has 1 fully saturated rings. The summed E-state index contributed by atoms with van der Waals surface area (Å²) in [6, 6.07) is 0. The number of amides is 1. The lowest BCUT2D eigenvalue weighted by molar-refractivity contribution is -0.162. The Morgan fingerprint density at radius 1 is 1.12 bits per heavy atom. The summed E-state index contributed by atoms with van der Waals surface area (Å²) in [7, 11) is 1.69. The standard InChI is InChI=1S/C27H41FN6O6/c1-14(2)8-20(35)31-27-32-24(29-7)23-25(33-27)34(13-30-23)21-10-18(11-38-21)40-26(37)19(16(5)17(6)28)12-39-22(36)9-15(3)4/h13-19,21H,8-12H2,1-7H3,(H2,29,31,32,33,35)/t16-,17+,18?,19-,21+/m0/s1. The minimum atomic E-state index is -1.30. The van der Waals surface area contributed by atoms with Crippen LogP contribution in [-0.2, 0) is 28.6 Å². The molecule has 2 aromatic rings. The molecule has 0 aromatic carbocycles. The maximum Gasteiger partial charge on any atom is 0.313 e. The lowest BCUT2D eigenvalue weighted by Gasteiger charge is -2.24. The van der Waals surface area contributed by atoms with Gasteiger partial charge >= 0.3 is 11.9 Å². The van der Waals surface area contributed by atoms with E-state index in [-0.39, 0.29) is 43.3 Å². The van der Waals surface area contributed by atoms with E-state index in [9.17, 15) is 18.8 Å². The summed E-state index contributed by atoms with van der Waals surface area (Å²) in [6.45, 7) is 10.5. The molecule has 0 radical (unpaired) electrons. The van der Waals surface area contributed by atoms with Crippen LogP contribution < -0.4 is 10.6 Å². The highest BCUT2D eigenvalue weighted by Crippen LogP contribution is 2.31. The Kier molecular flexibility index (Phi) is 10.8. The number of fused-ring (bicyclic) bond motifs is 1. The Bertz CT molecular complexity index is 1190. The number of ether oxygens (including phenoxy) is 3. The molecule has 3 rings (SSSR count). The largest absolute Gasteiger partial charge is 0.465 e. The maximum absolute atomic E-state index is 14.2. The number of nitrogens with one attached hydrogen (secondary N) is 2. The van der Waals surface area contributed by atoms with Gasteiger partial charge in [-0.1, -0.05) is 34.6 Å². The van der Waals surface area contributed by atoms with Crippen molar-refractivity contribution in [2.45, 2.75) is 79.3 Å². The molecule has 1 saturated heterocycles. The number of esters is 2. The number of hydrogen-bond donors (Lipinski definition) is 2. The van der Waals surface area contributed by atoms with Gasteiger partial charge in [-0.2, -0.15) is 9.97 Å². The second kappa shape index (κ2) is 13.8. The molecule has 1 unspecified atom stereocenters. The van der Waals surface area contributed by atoms with E-state index in [1.54, 1.807) is 24.9 Å². The first-order chi connectivity index (χ1) is 18.9. The number of alkyl halides is 1. The molecule has 5 atom stereocenters. The van der Waals surface area contributed by atoms with Gasteiger partial charge in [-0.3, -0.25) is 24.3 Å². The fraction of sp³-hybridized carbons (Fsp3) is 0.704. The molecule has 0 bridgehead atoms. The summed E-state index contributed by atoms with van der Waals surface area (Å²) < 4.78 is 32.7. The molecular weight excluding hydrogens is 523 g/mol. The van der Waals surface area contributed by atoms with Crippen LogP contribution in [0.1, 0.15) is 67.0 Å². The molecule has 13 heteroatoms. The minimum absolute atomic E-state index is 0.101. The van der Waals surface area contributed by atoms with Crippen LogP contribution in [0.25, 0.3) is 11.2 Å². The van der Waals surface area contributed by atoms with Crippen molar-refractivity contribution in [3.8, 4) is 0 Å². The minimum Gasteiger partial charge on any atom is -0.465 e. The van der Waals surface area contributed by atoms with Gasteiger partial charge in [0.15, 0.2) is 17.0 Å². The van der Waals surface area contributed by atoms with E-state index in [1.165, 1.54) is 6.92 Å². The summed E-state index contributed by atoms with van der Waals surface area (Å²) in [4.78, 5) is 50.7. The third-order valence-electron chi connectivity index (χ3n) is 6.70. The number of rotatable bonds is 13. The van der Waals surface area contributed by atoms with E-state index in [0.29, 0.717) is 29.8 Å². The smallest absolute Gasteiger partial charge is 0.313 e. The summed E-state index contributed by atoms with van der Waals surface area (Å²) in [5.74, 6) is -2.10. The molecule has 1 amide bonds. The summed E-state index contributed by atoms with van der Waals surface area (Å²) in [5, 5.41) is 5.70. The van der Waals surface area contributed by atoms with Crippen molar-refractivity contribution in [2.75, 3.05) is 30.9 Å². The molecule has 2 aromatic heterocycles. The van der Waals surface area contributed by atoms with Crippen molar-refractivity contribution in [3.63, 3.8) is 0 Å². The van der Waals surface area contributed by atoms with Crippen LogP contribution in [0, 0.1) is 23.7 Å². The Hall–Kier alpha value is -3.35. The van der Waals surface area contributed by atoms with Gasteiger partial charge in [0.1, 0.15) is 25.1 Å². The van der Waals surface area contributed by atoms with Crippen molar-refractivity contribution in [1.82, 2.24) is 19.5 Å². The van der Waals surface area contributed by atoms with E-state index >= 15 is 0 Å². The van der Waals surface area contributed by atoms with Crippen molar-refractivity contribution >= 4 is 40.8 Å². The fourth-order valence-corrected chi connectivity index (χ4v) is 4.34. The van der Waals surface area contributed by atoms with Crippen LogP contribution >= 0.6 is 0 Å². The third-order valence-corrected chi connectivity index (χ3v) is 6.70. The van der Waals surface area contributed by atoms with Crippen molar-refractivity contribution in [1.29, 1.82) is 0 Å². The molecular formula is C27H41FN6O6. The highest BCUT2D eigenvalue weighted by atomic mass is 19.1. The highest BCUT2D eigenvalue weighted by Gasteiger charge is 2.37. The van der Waals surface area contributed by atoms with Crippen molar-refractivity contribution in [3.05, 3.63) is 6.33 Å². The zero-order valence-electron chi connectivity index (χ0n) is 24.3. The summed E-state index contributed by atoms with van der Waals surface area (Å²) in [6.07, 6.45) is -0.0825.